The van der Waals surface area contributed by atoms with Crippen molar-refractivity contribution in [2.24, 2.45) is 0 Å². The summed E-state index contributed by atoms with van der Waals surface area (Å²) in [7, 11) is 0. The van der Waals surface area contributed by atoms with Gasteiger partial charge in [-0.2, -0.15) is 0 Å². The van der Waals surface area contributed by atoms with Crippen LogP contribution >= 0.6 is 0 Å². The van der Waals surface area contributed by atoms with E-state index in [1.165, 1.54) is 0 Å². The van der Waals surface area contributed by atoms with Crippen molar-refractivity contribution in [1.82, 2.24) is 4.90 Å². The van der Waals surface area contributed by atoms with Crippen LogP contribution in [0.25, 0.3) is 0 Å². The van der Waals surface area contributed by atoms with Crippen molar-refractivity contribution in [3.63, 3.8) is 0 Å². The summed E-state index contributed by atoms with van der Waals surface area (Å²) in [6.07, 6.45) is 0.474. The number of hydrogen-bond acceptors (Lipinski definition) is 2. The Balaban J connectivity index is 1.61. The molecule has 1 aliphatic heterocycles. The van der Waals surface area contributed by atoms with E-state index in [-0.39, 0.29) is 24.3 Å². The van der Waals surface area contributed by atoms with E-state index in [1.54, 1.807) is 4.90 Å². The summed E-state index contributed by atoms with van der Waals surface area (Å²) < 4.78 is 0. The summed E-state index contributed by atoms with van der Waals surface area (Å²) in [4.78, 5) is 26.0. The number of nitrogens with one attached hydrogen (secondary N) is 1. The van der Waals surface area contributed by atoms with Crippen LogP contribution in [0.15, 0.2) is 54.6 Å². The third-order valence-corrected chi connectivity index (χ3v) is 4.24. The molecule has 3 rings (SSSR count). The van der Waals surface area contributed by atoms with E-state index in [1.807, 2.05) is 61.5 Å². The first-order valence-corrected chi connectivity index (χ1v) is 7.81. The molecule has 1 fully saturated rings. The monoisotopic (exact) mass is 308 g/mol. The Hall–Kier alpha value is -2.62. The van der Waals surface area contributed by atoms with Gasteiger partial charge in [0.05, 0.1) is 6.54 Å². The molecule has 2 amide bonds. The number of likely N-dealkylation sites (tertiary alicyclic amines) is 1. The fourth-order valence-electron chi connectivity index (χ4n) is 2.95. The van der Waals surface area contributed by atoms with Gasteiger partial charge in [-0.25, -0.2) is 0 Å². The predicted octanol–water partition coefficient (Wildman–Crippen LogP) is 2.95. The second-order valence-corrected chi connectivity index (χ2v) is 5.95. The zero-order valence-electron chi connectivity index (χ0n) is 13.2. The molecule has 0 spiro atoms. The van der Waals surface area contributed by atoms with E-state index in [2.05, 4.69) is 5.32 Å². The van der Waals surface area contributed by atoms with Crippen LogP contribution in [-0.4, -0.2) is 29.8 Å². The van der Waals surface area contributed by atoms with Gasteiger partial charge in [0.15, 0.2) is 0 Å². The molecular weight excluding hydrogens is 288 g/mol. The molecule has 0 bridgehead atoms. The number of hydrogen-bond donors (Lipinski definition) is 1. The standard InChI is InChI=1S/C19H20N2O2/c1-14-7-5-6-10-17(14)20-18(22)13-21-12-16(11-19(21)23)15-8-3-2-4-9-15/h2-10,16H,11-13H2,1H3,(H,20,22)/t16-/m0/s1. The molecule has 2 aromatic rings. The molecule has 0 unspecified atom stereocenters. The number of para-hydroxylation sites is 1. The Morgan fingerprint density at radius 1 is 1.13 bits per heavy atom. The minimum absolute atomic E-state index is 0.0405. The van der Waals surface area contributed by atoms with Gasteiger partial charge in [0.2, 0.25) is 11.8 Å². The third kappa shape index (κ3) is 3.59. The highest BCUT2D eigenvalue weighted by Gasteiger charge is 2.31. The Bertz CT molecular complexity index is 712. The Morgan fingerprint density at radius 3 is 2.57 bits per heavy atom. The summed E-state index contributed by atoms with van der Waals surface area (Å²) in [5.74, 6) is 0.0649. The highest BCUT2D eigenvalue weighted by atomic mass is 16.2. The molecular formula is C19H20N2O2. The Labute approximate surface area is 136 Å². The lowest BCUT2D eigenvalue weighted by Crippen LogP contribution is -2.34. The van der Waals surface area contributed by atoms with Crippen molar-refractivity contribution in [1.29, 1.82) is 0 Å². The molecule has 0 aromatic heterocycles. The van der Waals surface area contributed by atoms with E-state index in [9.17, 15) is 9.59 Å². The number of aryl methyl sites for hydroxylation is 1. The van der Waals surface area contributed by atoms with Crippen molar-refractivity contribution in [2.75, 3.05) is 18.4 Å². The smallest absolute Gasteiger partial charge is 0.244 e. The van der Waals surface area contributed by atoms with Crippen LogP contribution in [0.5, 0.6) is 0 Å². The topological polar surface area (TPSA) is 49.4 Å². The first-order valence-electron chi connectivity index (χ1n) is 7.81. The van der Waals surface area contributed by atoms with Crippen LogP contribution < -0.4 is 5.32 Å². The molecule has 4 heteroatoms. The van der Waals surface area contributed by atoms with Crippen molar-refractivity contribution in [3.8, 4) is 0 Å². The van der Waals surface area contributed by atoms with Crippen LogP contribution in [0.1, 0.15) is 23.5 Å². The zero-order valence-corrected chi connectivity index (χ0v) is 13.2. The van der Waals surface area contributed by atoms with Gasteiger partial charge in [0.1, 0.15) is 0 Å². The lowest BCUT2D eigenvalue weighted by atomic mass is 9.99. The van der Waals surface area contributed by atoms with E-state index in [0.29, 0.717) is 13.0 Å². The van der Waals surface area contributed by atoms with Gasteiger partial charge in [-0.15, -0.1) is 0 Å². The number of rotatable bonds is 4. The highest BCUT2D eigenvalue weighted by molar-refractivity contribution is 5.95. The first kappa shape index (κ1) is 15.3. The fraction of sp³-hybridized carbons (Fsp3) is 0.263. The molecule has 1 saturated heterocycles. The van der Waals surface area contributed by atoms with Crippen molar-refractivity contribution < 1.29 is 9.59 Å². The van der Waals surface area contributed by atoms with Crippen LogP contribution in [0.3, 0.4) is 0 Å². The van der Waals surface area contributed by atoms with E-state index >= 15 is 0 Å². The quantitative estimate of drug-likeness (QED) is 0.944. The van der Waals surface area contributed by atoms with E-state index in [4.69, 9.17) is 0 Å². The van der Waals surface area contributed by atoms with Gasteiger partial charge in [-0.05, 0) is 24.1 Å². The fourth-order valence-corrected chi connectivity index (χ4v) is 2.95. The second kappa shape index (κ2) is 6.65. The summed E-state index contributed by atoms with van der Waals surface area (Å²) in [5.41, 5.74) is 2.96. The minimum atomic E-state index is -0.152. The number of nitrogens with zero attached hydrogens (tertiary/aromatic N) is 1. The number of benzene rings is 2. The highest BCUT2D eigenvalue weighted by Crippen LogP contribution is 2.27. The van der Waals surface area contributed by atoms with E-state index in [0.717, 1.165) is 16.8 Å². The largest absolute Gasteiger partial charge is 0.333 e. The molecule has 1 atom stereocenters. The molecule has 118 valence electrons. The summed E-state index contributed by atoms with van der Waals surface area (Å²) in [6.45, 7) is 2.66. The second-order valence-electron chi connectivity index (χ2n) is 5.95. The average Bonchev–Trinajstić information content (AvgIpc) is 2.91. The number of carbonyl (C=O) groups is 2. The lowest BCUT2D eigenvalue weighted by Gasteiger charge is -2.17. The van der Waals surface area contributed by atoms with Gasteiger partial charge in [0.25, 0.3) is 0 Å². The van der Waals surface area contributed by atoms with Gasteiger partial charge in [0, 0.05) is 24.6 Å². The molecule has 0 radical (unpaired) electrons. The normalized spacial score (nSPS) is 17.3. The molecule has 0 saturated carbocycles. The maximum Gasteiger partial charge on any atom is 0.244 e. The Morgan fingerprint density at radius 2 is 1.83 bits per heavy atom. The molecule has 0 aliphatic carbocycles. The maximum atomic E-state index is 12.2. The van der Waals surface area contributed by atoms with Crippen molar-refractivity contribution in [2.45, 2.75) is 19.3 Å². The average molecular weight is 308 g/mol. The molecule has 1 heterocycles. The number of amides is 2. The molecule has 1 aliphatic rings. The number of anilines is 1. The van der Waals surface area contributed by atoms with Gasteiger partial charge >= 0.3 is 0 Å². The van der Waals surface area contributed by atoms with Crippen molar-refractivity contribution in [3.05, 3.63) is 65.7 Å². The number of carbonyl (C=O) groups excluding carboxylic acids is 2. The maximum absolute atomic E-state index is 12.2. The van der Waals surface area contributed by atoms with Crippen LogP contribution in [-0.2, 0) is 9.59 Å². The molecule has 23 heavy (non-hydrogen) atoms. The van der Waals surface area contributed by atoms with Crippen LogP contribution in [0, 0.1) is 6.92 Å². The SMILES string of the molecule is Cc1ccccc1NC(=O)CN1C[C@@H](c2ccccc2)CC1=O. The van der Waals surface area contributed by atoms with Gasteiger partial charge < -0.3 is 10.2 Å². The summed E-state index contributed by atoms with van der Waals surface area (Å²) in [5, 5.41) is 2.88. The van der Waals surface area contributed by atoms with Gasteiger partial charge in [-0.1, -0.05) is 48.5 Å². The van der Waals surface area contributed by atoms with Crippen LogP contribution in [0.4, 0.5) is 5.69 Å². The molecule has 1 N–H and O–H groups in total. The lowest BCUT2D eigenvalue weighted by molar-refractivity contribution is -0.131. The molecule has 2 aromatic carbocycles. The predicted molar refractivity (Wildman–Crippen MR) is 90.2 cm³/mol. The Kier molecular flexibility index (Phi) is 4.42. The third-order valence-electron chi connectivity index (χ3n) is 4.24. The van der Waals surface area contributed by atoms with Crippen molar-refractivity contribution >= 4 is 17.5 Å². The van der Waals surface area contributed by atoms with E-state index < -0.39 is 0 Å². The summed E-state index contributed by atoms with van der Waals surface area (Å²) >= 11 is 0. The first-order chi connectivity index (χ1) is 11.1. The zero-order chi connectivity index (χ0) is 16.2. The molecule has 4 nitrogen and oxygen atoms in total. The van der Waals surface area contributed by atoms with Crippen LogP contribution in [0.2, 0.25) is 0 Å². The van der Waals surface area contributed by atoms with Gasteiger partial charge in [-0.3, -0.25) is 9.59 Å². The minimum Gasteiger partial charge on any atom is -0.333 e. The summed E-state index contributed by atoms with van der Waals surface area (Å²) in [6, 6.07) is 17.6.